The molecule has 0 aromatic carbocycles. The molecule has 0 radical (unpaired) electrons. The predicted octanol–water partition coefficient (Wildman–Crippen LogP) is 2.32. The smallest absolute Gasteiger partial charge is 0.148 e. The van der Waals surface area contributed by atoms with Gasteiger partial charge in [0.25, 0.3) is 0 Å². The Morgan fingerprint density at radius 1 is 1.41 bits per heavy atom. The van der Waals surface area contributed by atoms with Gasteiger partial charge in [-0.05, 0) is 30.9 Å². The molecule has 4 heteroatoms. The molecular weight excluding hydrogens is 214 g/mol. The third kappa shape index (κ3) is 3.19. The standard InChI is InChI=1S/C13H19N3O/c14-13(15)12-11(7-4-8-16-12)17-9-10-5-2-1-3-6-10/h4,7-8,10H,1-3,5-6,9H2,(H3,14,15). The molecular formula is C13H19N3O. The zero-order valence-electron chi connectivity index (χ0n) is 9.98. The molecule has 1 aromatic heterocycles. The van der Waals surface area contributed by atoms with Crippen LogP contribution in [-0.2, 0) is 0 Å². The molecule has 1 aliphatic rings. The molecule has 1 saturated carbocycles. The van der Waals surface area contributed by atoms with E-state index in [1.54, 1.807) is 6.20 Å². The Bertz CT molecular complexity index is 386. The molecule has 92 valence electrons. The Morgan fingerprint density at radius 3 is 2.88 bits per heavy atom. The van der Waals surface area contributed by atoms with Gasteiger partial charge in [0, 0.05) is 6.20 Å². The highest BCUT2D eigenvalue weighted by molar-refractivity contribution is 5.95. The van der Waals surface area contributed by atoms with Gasteiger partial charge >= 0.3 is 0 Å². The van der Waals surface area contributed by atoms with Crippen LogP contribution in [0.3, 0.4) is 0 Å². The van der Waals surface area contributed by atoms with Crippen molar-refractivity contribution in [3.05, 3.63) is 24.0 Å². The first kappa shape index (κ1) is 11.9. The van der Waals surface area contributed by atoms with E-state index < -0.39 is 0 Å². The number of amidine groups is 1. The van der Waals surface area contributed by atoms with Gasteiger partial charge in [0.05, 0.1) is 6.61 Å². The van der Waals surface area contributed by atoms with Crippen molar-refractivity contribution < 1.29 is 4.74 Å². The van der Waals surface area contributed by atoms with E-state index in [9.17, 15) is 0 Å². The van der Waals surface area contributed by atoms with Crippen molar-refractivity contribution in [1.82, 2.24) is 4.98 Å². The minimum absolute atomic E-state index is 0.0377. The van der Waals surface area contributed by atoms with E-state index >= 15 is 0 Å². The summed E-state index contributed by atoms with van der Waals surface area (Å²) in [5.74, 6) is 1.23. The van der Waals surface area contributed by atoms with Crippen LogP contribution >= 0.6 is 0 Å². The molecule has 17 heavy (non-hydrogen) atoms. The lowest BCUT2D eigenvalue weighted by Crippen LogP contribution is -2.19. The highest BCUT2D eigenvalue weighted by atomic mass is 16.5. The molecule has 1 aliphatic carbocycles. The maximum Gasteiger partial charge on any atom is 0.148 e. The maximum absolute atomic E-state index is 7.43. The van der Waals surface area contributed by atoms with Crippen LogP contribution < -0.4 is 10.5 Å². The zero-order valence-corrected chi connectivity index (χ0v) is 9.98. The normalized spacial score (nSPS) is 16.7. The maximum atomic E-state index is 7.43. The van der Waals surface area contributed by atoms with Gasteiger partial charge in [-0.2, -0.15) is 0 Å². The fourth-order valence-corrected chi connectivity index (χ4v) is 2.27. The lowest BCUT2D eigenvalue weighted by molar-refractivity contribution is 0.208. The van der Waals surface area contributed by atoms with E-state index in [-0.39, 0.29) is 5.84 Å². The Hall–Kier alpha value is -1.58. The van der Waals surface area contributed by atoms with E-state index in [0.29, 0.717) is 24.0 Å². The number of ether oxygens (including phenoxy) is 1. The van der Waals surface area contributed by atoms with Gasteiger partial charge in [-0.3, -0.25) is 5.41 Å². The zero-order chi connectivity index (χ0) is 12.1. The summed E-state index contributed by atoms with van der Waals surface area (Å²) in [6.45, 7) is 0.714. The van der Waals surface area contributed by atoms with Crippen LogP contribution in [0.5, 0.6) is 5.75 Å². The molecule has 0 aliphatic heterocycles. The Morgan fingerprint density at radius 2 is 2.18 bits per heavy atom. The number of hydrogen-bond donors (Lipinski definition) is 2. The van der Waals surface area contributed by atoms with Crippen molar-refractivity contribution in [2.24, 2.45) is 11.7 Å². The van der Waals surface area contributed by atoms with Crippen LogP contribution in [0.2, 0.25) is 0 Å². The van der Waals surface area contributed by atoms with E-state index in [0.717, 1.165) is 0 Å². The van der Waals surface area contributed by atoms with Crippen LogP contribution in [0.25, 0.3) is 0 Å². The third-order valence-corrected chi connectivity index (χ3v) is 3.23. The SMILES string of the molecule is N=C(N)c1ncccc1OCC1CCCCC1. The number of hydrogen-bond acceptors (Lipinski definition) is 3. The first-order valence-corrected chi connectivity index (χ1v) is 6.19. The van der Waals surface area contributed by atoms with Crippen LogP contribution in [0.15, 0.2) is 18.3 Å². The van der Waals surface area contributed by atoms with Crippen LogP contribution in [0.1, 0.15) is 37.8 Å². The largest absolute Gasteiger partial charge is 0.491 e. The Balaban J connectivity index is 1.96. The molecule has 0 spiro atoms. The number of pyridine rings is 1. The summed E-state index contributed by atoms with van der Waals surface area (Å²) in [5, 5.41) is 7.43. The van der Waals surface area contributed by atoms with E-state index in [2.05, 4.69) is 4.98 Å². The minimum Gasteiger partial charge on any atom is -0.491 e. The van der Waals surface area contributed by atoms with E-state index in [4.69, 9.17) is 15.9 Å². The Kier molecular flexibility index (Phi) is 3.96. The summed E-state index contributed by atoms with van der Waals surface area (Å²) in [4.78, 5) is 4.07. The molecule has 3 N–H and O–H groups in total. The number of nitrogens with zero attached hydrogens (tertiary/aromatic N) is 1. The lowest BCUT2D eigenvalue weighted by atomic mass is 9.90. The molecule has 4 nitrogen and oxygen atoms in total. The van der Waals surface area contributed by atoms with Crippen LogP contribution in [-0.4, -0.2) is 17.4 Å². The van der Waals surface area contributed by atoms with Crippen molar-refractivity contribution in [2.45, 2.75) is 32.1 Å². The quantitative estimate of drug-likeness (QED) is 0.619. The number of aromatic nitrogens is 1. The third-order valence-electron chi connectivity index (χ3n) is 3.23. The van der Waals surface area contributed by atoms with Crippen molar-refractivity contribution >= 4 is 5.84 Å². The van der Waals surface area contributed by atoms with Crippen molar-refractivity contribution in [3.8, 4) is 5.75 Å². The number of rotatable bonds is 4. The average molecular weight is 233 g/mol. The summed E-state index contributed by atoms with van der Waals surface area (Å²) in [7, 11) is 0. The van der Waals surface area contributed by atoms with Gasteiger partial charge in [0.1, 0.15) is 17.3 Å². The highest BCUT2D eigenvalue weighted by Gasteiger charge is 2.15. The summed E-state index contributed by atoms with van der Waals surface area (Å²) in [6.07, 6.45) is 8.08. The molecule has 0 atom stereocenters. The predicted molar refractivity (Wildman–Crippen MR) is 67.3 cm³/mol. The Labute approximate surface area is 102 Å². The number of nitrogen functional groups attached to an aromatic ring is 1. The second kappa shape index (κ2) is 5.66. The summed E-state index contributed by atoms with van der Waals surface area (Å²) >= 11 is 0. The molecule has 0 bridgehead atoms. The van der Waals surface area contributed by atoms with Crippen molar-refractivity contribution in [1.29, 1.82) is 5.41 Å². The highest BCUT2D eigenvalue weighted by Crippen LogP contribution is 2.25. The molecule has 1 fully saturated rings. The van der Waals surface area contributed by atoms with Gasteiger partial charge < -0.3 is 10.5 Å². The first-order chi connectivity index (χ1) is 8.27. The molecule has 1 aromatic rings. The molecule has 0 unspecified atom stereocenters. The van der Waals surface area contributed by atoms with E-state index in [1.807, 2.05) is 12.1 Å². The second-order valence-electron chi connectivity index (χ2n) is 4.58. The average Bonchev–Trinajstić information content (AvgIpc) is 2.38. The summed E-state index contributed by atoms with van der Waals surface area (Å²) in [5.41, 5.74) is 5.91. The summed E-state index contributed by atoms with van der Waals surface area (Å²) in [6, 6.07) is 3.63. The van der Waals surface area contributed by atoms with E-state index in [1.165, 1.54) is 32.1 Å². The van der Waals surface area contributed by atoms with Crippen molar-refractivity contribution in [3.63, 3.8) is 0 Å². The number of nitrogens with two attached hydrogens (primary N) is 1. The minimum atomic E-state index is -0.0377. The van der Waals surface area contributed by atoms with Gasteiger partial charge in [0.2, 0.25) is 0 Å². The van der Waals surface area contributed by atoms with Crippen molar-refractivity contribution in [2.75, 3.05) is 6.61 Å². The van der Waals surface area contributed by atoms with Crippen LogP contribution in [0.4, 0.5) is 0 Å². The molecule has 1 heterocycles. The van der Waals surface area contributed by atoms with Gasteiger partial charge in [-0.25, -0.2) is 4.98 Å². The fraction of sp³-hybridized carbons (Fsp3) is 0.538. The van der Waals surface area contributed by atoms with Gasteiger partial charge in [-0.15, -0.1) is 0 Å². The molecule has 2 rings (SSSR count). The monoisotopic (exact) mass is 233 g/mol. The first-order valence-electron chi connectivity index (χ1n) is 6.19. The summed E-state index contributed by atoms with van der Waals surface area (Å²) < 4.78 is 5.75. The molecule has 0 amide bonds. The topological polar surface area (TPSA) is 72.0 Å². The van der Waals surface area contributed by atoms with Crippen LogP contribution in [0, 0.1) is 11.3 Å². The second-order valence-corrected chi connectivity index (χ2v) is 4.58. The number of nitrogens with one attached hydrogen (secondary N) is 1. The van der Waals surface area contributed by atoms with Gasteiger partial charge in [-0.1, -0.05) is 19.3 Å². The van der Waals surface area contributed by atoms with Gasteiger partial charge in [0.15, 0.2) is 0 Å². The fourth-order valence-electron chi connectivity index (χ4n) is 2.27. The lowest BCUT2D eigenvalue weighted by Gasteiger charge is -2.22. The molecule has 0 saturated heterocycles.